The van der Waals surface area contributed by atoms with Crippen LogP contribution in [-0.2, 0) is 14.1 Å². The number of anilines is 1. The fraction of sp³-hybridized carbons (Fsp3) is 0.375. The van der Waals surface area contributed by atoms with E-state index in [4.69, 9.17) is 0 Å². The number of hydrogen-bond acceptors (Lipinski definition) is 5. The summed E-state index contributed by atoms with van der Waals surface area (Å²) in [5.41, 5.74) is 0.110. The summed E-state index contributed by atoms with van der Waals surface area (Å²) in [5, 5.41) is 5.85. The Balaban J connectivity index is 1.85. The van der Waals surface area contributed by atoms with E-state index < -0.39 is 17.2 Å². The summed E-state index contributed by atoms with van der Waals surface area (Å²) >= 11 is 0. The Morgan fingerprint density at radius 3 is 2.58 bits per heavy atom. The van der Waals surface area contributed by atoms with Crippen LogP contribution >= 0.6 is 0 Å². The first-order chi connectivity index (χ1) is 11.4. The molecule has 128 valence electrons. The molecule has 24 heavy (non-hydrogen) atoms. The number of carbonyl (C=O) groups is 1. The van der Waals surface area contributed by atoms with Crippen molar-refractivity contribution in [2.75, 3.05) is 18.4 Å². The van der Waals surface area contributed by atoms with Gasteiger partial charge in [0, 0.05) is 39.4 Å². The van der Waals surface area contributed by atoms with Gasteiger partial charge in [-0.25, -0.2) is 9.78 Å². The molecule has 0 aliphatic rings. The summed E-state index contributed by atoms with van der Waals surface area (Å²) in [5.74, 6) is 0.335. The molecule has 0 aliphatic heterocycles. The van der Waals surface area contributed by atoms with Crippen LogP contribution in [0.1, 0.15) is 22.5 Å². The average molecular weight is 331 g/mol. The van der Waals surface area contributed by atoms with Crippen molar-refractivity contribution in [3.63, 3.8) is 0 Å². The van der Waals surface area contributed by atoms with Gasteiger partial charge in [0.25, 0.3) is 11.5 Å². The molecule has 0 fully saturated rings. The second kappa shape index (κ2) is 7.58. The van der Waals surface area contributed by atoms with E-state index in [2.05, 4.69) is 15.6 Å². The number of aromatic nitrogens is 3. The maximum Gasteiger partial charge on any atom is 0.331 e. The normalized spacial score (nSPS) is 10.5. The Kier molecular flexibility index (Phi) is 5.51. The lowest BCUT2D eigenvalue weighted by Gasteiger charge is -2.10. The molecule has 8 heteroatoms. The third-order valence-electron chi connectivity index (χ3n) is 3.62. The number of pyridine rings is 1. The minimum absolute atomic E-state index is 0.0521. The van der Waals surface area contributed by atoms with E-state index >= 15 is 0 Å². The molecule has 2 aromatic rings. The predicted molar refractivity (Wildman–Crippen MR) is 91.3 cm³/mol. The van der Waals surface area contributed by atoms with Gasteiger partial charge in [0.2, 0.25) is 0 Å². The van der Waals surface area contributed by atoms with E-state index in [-0.39, 0.29) is 5.69 Å². The number of amides is 1. The predicted octanol–water partition coefficient (Wildman–Crippen LogP) is 0.0194. The van der Waals surface area contributed by atoms with Gasteiger partial charge in [-0.15, -0.1) is 0 Å². The van der Waals surface area contributed by atoms with Crippen LogP contribution < -0.4 is 21.9 Å². The molecule has 2 aromatic heterocycles. The lowest BCUT2D eigenvalue weighted by Crippen LogP contribution is -2.41. The van der Waals surface area contributed by atoms with Crippen molar-refractivity contribution in [1.29, 1.82) is 0 Å². The van der Waals surface area contributed by atoms with E-state index in [0.717, 1.165) is 26.6 Å². The summed E-state index contributed by atoms with van der Waals surface area (Å²) in [6.45, 7) is 3.03. The van der Waals surface area contributed by atoms with Gasteiger partial charge in [0.05, 0.1) is 0 Å². The van der Waals surface area contributed by atoms with Gasteiger partial charge in [-0.05, 0) is 25.0 Å². The molecule has 0 aliphatic carbocycles. The molecule has 0 saturated carbocycles. The van der Waals surface area contributed by atoms with E-state index in [9.17, 15) is 14.4 Å². The fourth-order valence-electron chi connectivity index (χ4n) is 2.12. The zero-order chi connectivity index (χ0) is 17.7. The molecule has 0 spiro atoms. The monoisotopic (exact) mass is 331 g/mol. The first-order valence-electron chi connectivity index (χ1n) is 7.62. The Labute approximate surface area is 139 Å². The maximum atomic E-state index is 12.1. The standard InChI is InChI=1S/C16H21N5O3/c1-11-5-6-13(19-10-11)17-7-4-8-18-15(23)12-9-14(22)21(3)16(24)20(12)2/h5-6,9-10H,4,7-8H2,1-3H3,(H,17,19)(H,18,23). The van der Waals surface area contributed by atoms with Gasteiger partial charge in [-0.2, -0.15) is 0 Å². The number of nitrogens with zero attached hydrogens (tertiary/aromatic N) is 3. The Morgan fingerprint density at radius 2 is 1.92 bits per heavy atom. The molecule has 0 unspecified atom stereocenters. The zero-order valence-corrected chi connectivity index (χ0v) is 14.0. The van der Waals surface area contributed by atoms with Crippen LogP contribution in [0.25, 0.3) is 0 Å². The highest BCUT2D eigenvalue weighted by molar-refractivity contribution is 5.92. The molecule has 0 radical (unpaired) electrons. The van der Waals surface area contributed by atoms with Crippen LogP contribution in [0.2, 0.25) is 0 Å². The van der Waals surface area contributed by atoms with Crippen molar-refractivity contribution in [3.8, 4) is 0 Å². The van der Waals surface area contributed by atoms with Crippen LogP contribution in [0, 0.1) is 6.92 Å². The summed E-state index contributed by atoms with van der Waals surface area (Å²) in [4.78, 5) is 39.8. The lowest BCUT2D eigenvalue weighted by molar-refractivity contribution is 0.0943. The third kappa shape index (κ3) is 4.09. The van der Waals surface area contributed by atoms with Gasteiger partial charge in [0.1, 0.15) is 11.5 Å². The van der Waals surface area contributed by atoms with E-state index in [1.54, 1.807) is 6.20 Å². The quantitative estimate of drug-likeness (QED) is 0.727. The smallest absolute Gasteiger partial charge is 0.331 e. The number of aryl methyl sites for hydroxylation is 1. The second-order valence-electron chi connectivity index (χ2n) is 5.53. The van der Waals surface area contributed by atoms with Crippen LogP contribution in [0.4, 0.5) is 5.82 Å². The molecule has 8 nitrogen and oxygen atoms in total. The first-order valence-corrected chi connectivity index (χ1v) is 7.62. The Morgan fingerprint density at radius 1 is 1.17 bits per heavy atom. The molecule has 2 heterocycles. The van der Waals surface area contributed by atoms with Crippen molar-refractivity contribution in [1.82, 2.24) is 19.4 Å². The molecular formula is C16H21N5O3. The molecule has 0 saturated heterocycles. The molecule has 0 bridgehead atoms. The fourth-order valence-corrected chi connectivity index (χ4v) is 2.12. The van der Waals surface area contributed by atoms with Crippen LogP contribution in [0.15, 0.2) is 34.0 Å². The van der Waals surface area contributed by atoms with Gasteiger partial charge in [-0.1, -0.05) is 6.07 Å². The number of carbonyl (C=O) groups excluding carboxylic acids is 1. The minimum Gasteiger partial charge on any atom is -0.370 e. The number of rotatable bonds is 6. The number of nitrogens with one attached hydrogen (secondary N) is 2. The van der Waals surface area contributed by atoms with Crippen LogP contribution in [0.3, 0.4) is 0 Å². The highest BCUT2D eigenvalue weighted by Gasteiger charge is 2.12. The van der Waals surface area contributed by atoms with Gasteiger partial charge in [-0.3, -0.25) is 18.7 Å². The minimum atomic E-state index is -0.528. The molecule has 0 aromatic carbocycles. The molecule has 2 rings (SSSR count). The van der Waals surface area contributed by atoms with Gasteiger partial charge < -0.3 is 10.6 Å². The lowest BCUT2D eigenvalue weighted by atomic mass is 10.3. The maximum absolute atomic E-state index is 12.1. The highest BCUT2D eigenvalue weighted by atomic mass is 16.2. The second-order valence-corrected chi connectivity index (χ2v) is 5.53. The SMILES string of the molecule is Cc1ccc(NCCCNC(=O)c2cc(=O)n(C)c(=O)n2C)nc1. The number of hydrogen-bond donors (Lipinski definition) is 2. The van der Waals surface area contributed by atoms with Crippen molar-refractivity contribution >= 4 is 11.7 Å². The average Bonchev–Trinajstić information content (AvgIpc) is 2.57. The van der Waals surface area contributed by atoms with E-state index in [0.29, 0.717) is 19.5 Å². The van der Waals surface area contributed by atoms with Crippen molar-refractivity contribution in [2.45, 2.75) is 13.3 Å². The first kappa shape index (κ1) is 17.5. The molecular weight excluding hydrogens is 310 g/mol. The summed E-state index contributed by atoms with van der Waals surface area (Å²) in [7, 11) is 2.83. The van der Waals surface area contributed by atoms with E-state index in [1.807, 2.05) is 19.1 Å². The van der Waals surface area contributed by atoms with Crippen molar-refractivity contribution < 1.29 is 4.79 Å². The van der Waals surface area contributed by atoms with Gasteiger partial charge >= 0.3 is 5.69 Å². The van der Waals surface area contributed by atoms with Gasteiger partial charge in [0.15, 0.2) is 0 Å². The topological polar surface area (TPSA) is 98.0 Å². The van der Waals surface area contributed by atoms with Crippen molar-refractivity contribution in [2.24, 2.45) is 14.1 Å². The Hall–Kier alpha value is -2.90. The van der Waals surface area contributed by atoms with Crippen LogP contribution in [-0.4, -0.2) is 33.1 Å². The largest absolute Gasteiger partial charge is 0.370 e. The van der Waals surface area contributed by atoms with E-state index in [1.165, 1.54) is 14.1 Å². The Bertz CT molecular complexity index is 836. The molecule has 1 amide bonds. The van der Waals surface area contributed by atoms with Crippen molar-refractivity contribution in [3.05, 3.63) is 56.5 Å². The van der Waals surface area contributed by atoms with Crippen LogP contribution in [0.5, 0.6) is 0 Å². The summed E-state index contributed by atoms with van der Waals surface area (Å²) in [6.07, 6.45) is 2.46. The molecule has 2 N–H and O–H groups in total. The summed E-state index contributed by atoms with van der Waals surface area (Å²) in [6, 6.07) is 5.02. The highest BCUT2D eigenvalue weighted by Crippen LogP contribution is 2.03. The summed E-state index contributed by atoms with van der Waals surface area (Å²) < 4.78 is 2.11. The zero-order valence-electron chi connectivity index (χ0n) is 14.0. The molecule has 0 atom stereocenters. The third-order valence-corrected chi connectivity index (χ3v) is 3.62.